The second kappa shape index (κ2) is 7.44. The van der Waals surface area contributed by atoms with Crippen molar-refractivity contribution in [2.24, 2.45) is 0 Å². The van der Waals surface area contributed by atoms with Crippen molar-refractivity contribution < 1.29 is 40.7 Å². The van der Waals surface area contributed by atoms with Gasteiger partial charge in [0.05, 0.1) is 11.8 Å². The third kappa shape index (κ3) is 4.82. The van der Waals surface area contributed by atoms with Crippen molar-refractivity contribution in [2.75, 3.05) is 12.9 Å². The number of carbonyl (C=O) groups excluding carboxylic acids is 1. The highest BCUT2D eigenvalue weighted by Crippen LogP contribution is 2.40. The van der Waals surface area contributed by atoms with Gasteiger partial charge in [-0.25, -0.2) is 9.18 Å². The fraction of sp³-hybridized carbons (Fsp3) is 0.588. The molecule has 0 amide bonds. The molecule has 0 aromatic heterocycles. The van der Waals surface area contributed by atoms with Gasteiger partial charge < -0.3 is 18.9 Å². The number of rotatable bonds is 6. The van der Waals surface area contributed by atoms with Gasteiger partial charge in [-0.2, -0.15) is 8.42 Å². The van der Waals surface area contributed by atoms with Crippen molar-refractivity contribution in [3.63, 3.8) is 0 Å². The Kier molecular flexibility index (Phi) is 5.55. The molecule has 5 atom stereocenters. The largest absolute Gasteiger partial charge is 0.459 e. The van der Waals surface area contributed by atoms with Crippen LogP contribution in [0.4, 0.5) is 4.39 Å². The van der Waals surface area contributed by atoms with E-state index in [1.54, 1.807) is 32.0 Å². The SMILES string of the molecule is CC1(C)O[C@H]2O[C@H]([C@@H](COC(=O)c3ccccc3)OS(C)(=O)=O)[C@H](F)[C@H]2O1. The van der Waals surface area contributed by atoms with E-state index in [4.69, 9.17) is 23.1 Å². The highest BCUT2D eigenvalue weighted by Gasteiger charge is 2.58. The van der Waals surface area contributed by atoms with E-state index in [-0.39, 0.29) is 5.56 Å². The first kappa shape index (κ1) is 20.2. The van der Waals surface area contributed by atoms with Gasteiger partial charge in [0, 0.05) is 0 Å². The van der Waals surface area contributed by atoms with E-state index in [1.807, 2.05) is 0 Å². The van der Waals surface area contributed by atoms with E-state index in [0.29, 0.717) is 0 Å². The summed E-state index contributed by atoms with van der Waals surface area (Å²) in [5.74, 6) is -1.71. The fourth-order valence-electron chi connectivity index (χ4n) is 3.01. The smallest absolute Gasteiger partial charge is 0.338 e. The maximum atomic E-state index is 14.8. The summed E-state index contributed by atoms with van der Waals surface area (Å²) in [6.07, 6.45) is -5.66. The molecule has 10 heteroatoms. The zero-order chi connectivity index (χ0) is 19.8. The van der Waals surface area contributed by atoms with E-state index in [0.717, 1.165) is 6.26 Å². The van der Waals surface area contributed by atoms with Crippen LogP contribution in [0.2, 0.25) is 0 Å². The molecule has 2 heterocycles. The van der Waals surface area contributed by atoms with Crippen molar-refractivity contribution in [2.45, 2.75) is 50.4 Å². The summed E-state index contributed by atoms with van der Waals surface area (Å²) in [5, 5.41) is 0. The highest BCUT2D eigenvalue weighted by molar-refractivity contribution is 7.86. The monoisotopic (exact) mass is 404 g/mol. The third-order valence-electron chi connectivity index (χ3n) is 4.06. The normalized spacial score (nSPS) is 30.7. The average molecular weight is 404 g/mol. The first-order chi connectivity index (χ1) is 12.6. The van der Waals surface area contributed by atoms with Gasteiger partial charge in [0.25, 0.3) is 10.1 Å². The Labute approximate surface area is 156 Å². The Morgan fingerprint density at radius 3 is 2.52 bits per heavy atom. The zero-order valence-corrected chi connectivity index (χ0v) is 15.8. The van der Waals surface area contributed by atoms with E-state index in [9.17, 15) is 17.6 Å². The van der Waals surface area contributed by atoms with Crippen LogP contribution in [0.1, 0.15) is 24.2 Å². The minimum Gasteiger partial charge on any atom is -0.459 e. The molecular weight excluding hydrogens is 383 g/mol. The van der Waals surface area contributed by atoms with Gasteiger partial charge in [0.2, 0.25) is 0 Å². The van der Waals surface area contributed by atoms with Gasteiger partial charge in [-0.15, -0.1) is 0 Å². The van der Waals surface area contributed by atoms with Gasteiger partial charge in [-0.05, 0) is 26.0 Å². The molecule has 1 aromatic carbocycles. The van der Waals surface area contributed by atoms with Crippen LogP contribution in [0.5, 0.6) is 0 Å². The maximum absolute atomic E-state index is 14.8. The van der Waals surface area contributed by atoms with E-state index in [1.165, 1.54) is 12.1 Å². The van der Waals surface area contributed by atoms with Crippen LogP contribution in [-0.2, 0) is 33.2 Å². The molecule has 150 valence electrons. The molecule has 27 heavy (non-hydrogen) atoms. The van der Waals surface area contributed by atoms with Gasteiger partial charge >= 0.3 is 5.97 Å². The first-order valence-electron chi connectivity index (χ1n) is 8.31. The minimum atomic E-state index is -3.96. The second-order valence-corrected chi connectivity index (χ2v) is 8.42. The number of benzene rings is 1. The Hall–Kier alpha value is -1.59. The average Bonchev–Trinajstić information content (AvgIpc) is 3.04. The van der Waals surface area contributed by atoms with Crippen LogP contribution in [0.25, 0.3) is 0 Å². The van der Waals surface area contributed by atoms with Gasteiger partial charge in [-0.1, -0.05) is 18.2 Å². The maximum Gasteiger partial charge on any atom is 0.338 e. The van der Waals surface area contributed by atoms with Crippen molar-refractivity contribution in [3.05, 3.63) is 35.9 Å². The molecule has 0 saturated carbocycles. The Morgan fingerprint density at radius 1 is 1.26 bits per heavy atom. The van der Waals surface area contributed by atoms with Crippen molar-refractivity contribution in [3.8, 4) is 0 Å². The quantitative estimate of drug-likeness (QED) is 0.519. The van der Waals surface area contributed by atoms with E-state index >= 15 is 0 Å². The number of hydrogen-bond acceptors (Lipinski definition) is 8. The minimum absolute atomic E-state index is 0.269. The van der Waals surface area contributed by atoms with Crippen LogP contribution >= 0.6 is 0 Å². The standard InChI is InChI=1S/C17H21FO8S/c1-17(2)24-14-12(18)13(23-16(14)25-17)11(26-27(3,20)21)9-22-15(19)10-7-5-4-6-8-10/h4-8,11-14,16H,9H2,1-3H3/t11-,12+,13-,14-,16-/m1/s1. The summed E-state index contributed by atoms with van der Waals surface area (Å²) in [5.41, 5.74) is 0.269. The van der Waals surface area contributed by atoms with Crippen LogP contribution in [-0.4, -0.2) is 63.8 Å². The molecule has 0 spiro atoms. The molecule has 2 saturated heterocycles. The summed E-state index contributed by atoms with van der Waals surface area (Å²) in [6.45, 7) is 2.71. The summed E-state index contributed by atoms with van der Waals surface area (Å²) < 4.78 is 64.3. The summed E-state index contributed by atoms with van der Waals surface area (Å²) in [7, 11) is -3.96. The van der Waals surface area contributed by atoms with Crippen molar-refractivity contribution in [1.29, 1.82) is 0 Å². The number of fused-ring (bicyclic) bond motifs is 1. The van der Waals surface area contributed by atoms with Crippen LogP contribution in [0, 0.1) is 0 Å². The molecule has 0 bridgehead atoms. The topological polar surface area (TPSA) is 97.4 Å². The Bertz CT molecular complexity index is 781. The van der Waals surface area contributed by atoms with Gasteiger partial charge in [0.15, 0.2) is 18.2 Å². The van der Waals surface area contributed by atoms with E-state index in [2.05, 4.69) is 0 Å². The molecule has 0 N–H and O–H groups in total. The summed E-state index contributed by atoms with van der Waals surface area (Å²) in [6, 6.07) is 8.10. The lowest BCUT2D eigenvalue weighted by atomic mass is 10.1. The molecule has 8 nitrogen and oxygen atoms in total. The molecule has 0 radical (unpaired) electrons. The lowest BCUT2D eigenvalue weighted by Gasteiger charge is -2.26. The lowest BCUT2D eigenvalue weighted by Crippen LogP contribution is -2.43. The molecule has 3 rings (SSSR count). The first-order valence-corrected chi connectivity index (χ1v) is 10.1. The molecule has 2 aliphatic heterocycles. The molecule has 2 aliphatic rings. The van der Waals surface area contributed by atoms with Gasteiger partial charge in [0.1, 0.15) is 24.9 Å². The second-order valence-electron chi connectivity index (χ2n) is 6.82. The predicted octanol–water partition coefficient (Wildman–Crippen LogP) is 1.40. The molecular formula is C17H21FO8S. The molecule has 0 aliphatic carbocycles. The number of hydrogen-bond donors (Lipinski definition) is 0. The fourth-order valence-corrected chi connectivity index (χ4v) is 3.62. The number of ether oxygens (including phenoxy) is 4. The van der Waals surface area contributed by atoms with Crippen molar-refractivity contribution >= 4 is 16.1 Å². The zero-order valence-electron chi connectivity index (χ0n) is 15.0. The number of alkyl halides is 1. The molecule has 0 unspecified atom stereocenters. The van der Waals surface area contributed by atoms with E-state index < -0.39 is 59.3 Å². The number of halogens is 1. The Morgan fingerprint density at radius 2 is 1.93 bits per heavy atom. The lowest BCUT2D eigenvalue weighted by molar-refractivity contribution is -0.220. The van der Waals surface area contributed by atoms with Crippen LogP contribution in [0.3, 0.4) is 0 Å². The van der Waals surface area contributed by atoms with Crippen molar-refractivity contribution in [1.82, 2.24) is 0 Å². The molecule has 1 aromatic rings. The number of esters is 1. The number of carbonyl (C=O) groups is 1. The third-order valence-corrected chi connectivity index (χ3v) is 4.66. The Balaban J connectivity index is 1.70. The van der Waals surface area contributed by atoms with Crippen LogP contribution < -0.4 is 0 Å². The summed E-state index contributed by atoms with van der Waals surface area (Å²) >= 11 is 0. The highest BCUT2D eigenvalue weighted by atomic mass is 32.2. The van der Waals surface area contributed by atoms with Gasteiger partial charge in [-0.3, -0.25) is 4.18 Å². The summed E-state index contributed by atoms with van der Waals surface area (Å²) in [4.78, 5) is 12.1. The molecule has 2 fully saturated rings. The van der Waals surface area contributed by atoms with Crippen LogP contribution in [0.15, 0.2) is 30.3 Å². The predicted molar refractivity (Wildman–Crippen MR) is 90.0 cm³/mol.